The number of likely N-dealkylation sites (N-methyl/N-ethyl adjacent to an activating group) is 1. The van der Waals surface area contributed by atoms with Gasteiger partial charge in [-0.25, -0.2) is 9.97 Å². The van der Waals surface area contributed by atoms with E-state index in [1.165, 1.54) is 0 Å². The highest BCUT2D eigenvalue weighted by molar-refractivity contribution is 5.58. The van der Waals surface area contributed by atoms with E-state index in [2.05, 4.69) is 26.8 Å². The largest absolute Gasteiger partial charge is 0.384 e. The summed E-state index contributed by atoms with van der Waals surface area (Å²) in [7, 11) is 4.12. The van der Waals surface area contributed by atoms with Crippen LogP contribution in [0.5, 0.6) is 0 Å². The number of anilines is 2. The van der Waals surface area contributed by atoms with E-state index in [-0.39, 0.29) is 0 Å². The molecule has 0 radical (unpaired) electrons. The van der Waals surface area contributed by atoms with E-state index in [1.54, 1.807) is 0 Å². The molecule has 6 heteroatoms. The molecule has 0 saturated carbocycles. The molecule has 1 aliphatic heterocycles. The summed E-state index contributed by atoms with van der Waals surface area (Å²) in [5.74, 6) is 2.12. The van der Waals surface area contributed by atoms with Crippen LogP contribution in [0.15, 0.2) is 24.4 Å². The van der Waals surface area contributed by atoms with E-state index in [0.717, 1.165) is 37.7 Å². The fourth-order valence-electron chi connectivity index (χ4n) is 2.46. The molecule has 0 bridgehead atoms. The van der Waals surface area contributed by atoms with Crippen molar-refractivity contribution >= 4 is 11.6 Å². The molecular formula is C14H20N6. The zero-order valence-electron chi connectivity index (χ0n) is 12.0. The van der Waals surface area contributed by atoms with Gasteiger partial charge in [0, 0.05) is 45.5 Å². The first-order chi connectivity index (χ1) is 9.63. The predicted octanol–water partition coefficient (Wildman–Crippen LogP) is 0.816. The van der Waals surface area contributed by atoms with Gasteiger partial charge in [0.2, 0.25) is 0 Å². The van der Waals surface area contributed by atoms with Crippen molar-refractivity contribution in [2.24, 2.45) is 7.05 Å². The number of rotatable bonds is 2. The molecule has 20 heavy (non-hydrogen) atoms. The van der Waals surface area contributed by atoms with Crippen LogP contribution >= 0.6 is 0 Å². The van der Waals surface area contributed by atoms with Gasteiger partial charge >= 0.3 is 0 Å². The van der Waals surface area contributed by atoms with Gasteiger partial charge < -0.3 is 20.1 Å². The van der Waals surface area contributed by atoms with Gasteiger partial charge in [-0.15, -0.1) is 0 Å². The van der Waals surface area contributed by atoms with E-state index < -0.39 is 0 Å². The Kier molecular flexibility index (Phi) is 3.31. The number of aryl methyl sites for hydroxylation is 1. The third kappa shape index (κ3) is 2.46. The first-order valence-corrected chi connectivity index (χ1v) is 6.83. The van der Waals surface area contributed by atoms with Gasteiger partial charge in [-0.3, -0.25) is 0 Å². The first kappa shape index (κ1) is 12.9. The quantitative estimate of drug-likeness (QED) is 0.877. The maximum Gasteiger partial charge on any atom is 0.180 e. The molecule has 0 aliphatic carbocycles. The summed E-state index contributed by atoms with van der Waals surface area (Å²) < 4.78 is 2.00. The fourth-order valence-corrected chi connectivity index (χ4v) is 2.46. The zero-order valence-corrected chi connectivity index (χ0v) is 12.0. The molecule has 1 saturated heterocycles. The topological polar surface area (TPSA) is 63.2 Å². The Hall–Kier alpha value is -2.08. The Labute approximate surface area is 118 Å². The second-order valence-corrected chi connectivity index (χ2v) is 5.27. The van der Waals surface area contributed by atoms with E-state index in [0.29, 0.717) is 11.6 Å². The number of nitrogen functional groups attached to an aromatic ring is 1. The smallest absolute Gasteiger partial charge is 0.180 e. The van der Waals surface area contributed by atoms with E-state index in [1.807, 2.05) is 36.0 Å². The summed E-state index contributed by atoms with van der Waals surface area (Å²) in [4.78, 5) is 13.6. The van der Waals surface area contributed by atoms with Crippen molar-refractivity contribution in [1.82, 2.24) is 19.4 Å². The van der Waals surface area contributed by atoms with Crippen molar-refractivity contribution in [2.45, 2.75) is 0 Å². The molecule has 1 aliphatic rings. The second kappa shape index (κ2) is 5.13. The summed E-state index contributed by atoms with van der Waals surface area (Å²) in [6, 6.07) is 5.84. The van der Waals surface area contributed by atoms with Crippen LogP contribution < -0.4 is 10.6 Å². The van der Waals surface area contributed by atoms with E-state index in [9.17, 15) is 0 Å². The molecule has 6 nitrogen and oxygen atoms in total. The summed E-state index contributed by atoms with van der Waals surface area (Å²) in [5.41, 5.74) is 6.93. The molecule has 0 aromatic carbocycles. The maximum absolute atomic E-state index is 5.95. The number of aromatic nitrogens is 3. The minimum absolute atomic E-state index is 0.519. The van der Waals surface area contributed by atoms with E-state index >= 15 is 0 Å². The zero-order chi connectivity index (χ0) is 14.1. The molecule has 2 N–H and O–H groups in total. The van der Waals surface area contributed by atoms with Crippen molar-refractivity contribution in [1.29, 1.82) is 0 Å². The summed E-state index contributed by atoms with van der Waals surface area (Å²) >= 11 is 0. The minimum Gasteiger partial charge on any atom is -0.384 e. The number of hydrogen-bond acceptors (Lipinski definition) is 5. The summed E-state index contributed by atoms with van der Waals surface area (Å²) in [6.07, 6.45) is 1.98. The predicted molar refractivity (Wildman–Crippen MR) is 80.6 cm³/mol. The van der Waals surface area contributed by atoms with Crippen LogP contribution in [0.1, 0.15) is 0 Å². The SMILES string of the molecule is CN1CCN(c2cc(N)nc(-c3cccn3C)n2)CC1. The van der Waals surface area contributed by atoms with Crippen LogP contribution in [0.4, 0.5) is 11.6 Å². The number of nitrogens with two attached hydrogens (primary N) is 1. The third-order valence-electron chi connectivity index (χ3n) is 3.73. The number of hydrogen-bond donors (Lipinski definition) is 1. The monoisotopic (exact) mass is 272 g/mol. The fraction of sp³-hybridized carbons (Fsp3) is 0.429. The summed E-state index contributed by atoms with van der Waals surface area (Å²) in [5, 5.41) is 0. The lowest BCUT2D eigenvalue weighted by atomic mass is 10.3. The van der Waals surface area contributed by atoms with Gasteiger partial charge in [0.1, 0.15) is 11.6 Å². The minimum atomic E-state index is 0.519. The molecule has 2 aromatic heterocycles. The van der Waals surface area contributed by atoms with Crippen LogP contribution in [0.3, 0.4) is 0 Å². The van der Waals surface area contributed by atoms with Crippen LogP contribution in [0, 0.1) is 0 Å². The molecule has 1 fully saturated rings. The highest BCUT2D eigenvalue weighted by atomic mass is 15.3. The van der Waals surface area contributed by atoms with Crippen LogP contribution in [0.25, 0.3) is 11.5 Å². The van der Waals surface area contributed by atoms with E-state index in [4.69, 9.17) is 5.73 Å². The Morgan fingerprint density at radius 1 is 1.10 bits per heavy atom. The lowest BCUT2D eigenvalue weighted by Crippen LogP contribution is -2.44. The maximum atomic E-state index is 5.95. The van der Waals surface area contributed by atoms with Crippen LogP contribution in [-0.2, 0) is 7.05 Å². The molecule has 2 aromatic rings. The van der Waals surface area contributed by atoms with Gasteiger partial charge in [0.05, 0.1) is 5.69 Å². The van der Waals surface area contributed by atoms with Crippen LogP contribution in [0.2, 0.25) is 0 Å². The van der Waals surface area contributed by atoms with Gasteiger partial charge in [-0.2, -0.15) is 0 Å². The van der Waals surface area contributed by atoms with Crippen molar-refractivity contribution in [3.63, 3.8) is 0 Å². The molecule has 0 atom stereocenters. The highest BCUT2D eigenvalue weighted by Crippen LogP contribution is 2.22. The second-order valence-electron chi connectivity index (χ2n) is 5.27. The first-order valence-electron chi connectivity index (χ1n) is 6.83. The van der Waals surface area contributed by atoms with Gasteiger partial charge in [-0.05, 0) is 19.2 Å². The van der Waals surface area contributed by atoms with Gasteiger partial charge in [-0.1, -0.05) is 0 Å². The van der Waals surface area contributed by atoms with Gasteiger partial charge in [0.15, 0.2) is 5.82 Å². The lowest BCUT2D eigenvalue weighted by Gasteiger charge is -2.33. The molecule has 3 heterocycles. The molecule has 3 rings (SSSR count). The Balaban J connectivity index is 1.93. The molecular weight excluding hydrogens is 252 g/mol. The Bertz CT molecular complexity index is 597. The van der Waals surface area contributed by atoms with Crippen molar-refractivity contribution in [3.8, 4) is 11.5 Å². The molecule has 0 unspecified atom stereocenters. The highest BCUT2D eigenvalue weighted by Gasteiger charge is 2.17. The standard InChI is InChI=1S/C14H20N6/c1-18-6-8-20(9-7-18)13-10-12(15)16-14(17-13)11-4-3-5-19(11)2/h3-5,10H,6-9H2,1-2H3,(H2,15,16,17). The number of nitrogens with zero attached hydrogens (tertiary/aromatic N) is 5. The lowest BCUT2D eigenvalue weighted by molar-refractivity contribution is 0.312. The summed E-state index contributed by atoms with van der Waals surface area (Å²) in [6.45, 7) is 4.03. The average Bonchev–Trinajstić information content (AvgIpc) is 2.85. The third-order valence-corrected chi connectivity index (χ3v) is 3.73. The molecule has 0 amide bonds. The van der Waals surface area contributed by atoms with Crippen molar-refractivity contribution < 1.29 is 0 Å². The normalized spacial score (nSPS) is 16.6. The van der Waals surface area contributed by atoms with Gasteiger partial charge in [0.25, 0.3) is 0 Å². The average molecular weight is 272 g/mol. The molecule has 0 spiro atoms. The molecule has 106 valence electrons. The Morgan fingerprint density at radius 3 is 2.50 bits per heavy atom. The number of piperazine rings is 1. The van der Waals surface area contributed by atoms with Crippen molar-refractivity contribution in [3.05, 3.63) is 24.4 Å². The van der Waals surface area contributed by atoms with Crippen molar-refractivity contribution in [2.75, 3.05) is 43.9 Å². The Morgan fingerprint density at radius 2 is 1.85 bits per heavy atom. The van der Waals surface area contributed by atoms with Crippen LogP contribution in [-0.4, -0.2) is 52.7 Å².